The van der Waals surface area contributed by atoms with Gasteiger partial charge in [0.05, 0.1) is 12.1 Å². The summed E-state index contributed by atoms with van der Waals surface area (Å²) in [6.45, 7) is 3.23. The van der Waals surface area contributed by atoms with Gasteiger partial charge in [-0.25, -0.2) is 0 Å². The molecule has 4 nitrogen and oxygen atoms in total. The van der Waals surface area contributed by atoms with Crippen molar-refractivity contribution in [3.8, 4) is 0 Å². The molecule has 0 aliphatic carbocycles. The van der Waals surface area contributed by atoms with Crippen molar-refractivity contribution in [1.82, 2.24) is 10.2 Å². The van der Waals surface area contributed by atoms with E-state index in [9.17, 15) is 4.79 Å². The number of piperidine rings is 1. The smallest absolute Gasteiger partial charge is 0.249 e. The zero-order chi connectivity index (χ0) is 14.0. The minimum absolute atomic E-state index is 0.0677. The molecule has 108 valence electrons. The summed E-state index contributed by atoms with van der Waals surface area (Å²) in [6, 6.07) is 7.73. The van der Waals surface area contributed by atoms with E-state index >= 15 is 0 Å². The minimum atomic E-state index is -0.167. The summed E-state index contributed by atoms with van der Waals surface area (Å²) in [5, 5.41) is 4.07. The van der Waals surface area contributed by atoms with Gasteiger partial charge in [-0.1, -0.05) is 29.8 Å². The monoisotopic (exact) mass is 294 g/mol. The molecular formula is C15H19ClN2O2. The highest BCUT2D eigenvalue weighted by Gasteiger charge is 2.43. The number of hydrogen-bond acceptors (Lipinski definition) is 3. The van der Waals surface area contributed by atoms with Crippen molar-refractivity contribution in [3.05, 3.63) is 34.9 Å². The molecule has 0 atom stereocenters. The molecule has 3 rings (SSSR count). The molecule has 5 heteroatoms. The van der Waals surface area contributed by atoms with Crippen LogP contribution < -0.4 is 5.32 Å². The molecule has 0 aromatic heterocycles. The maximum absolute atomic E-state index is 12.3. The number of nitrogens with zero attached hydrogens (tertiary/aromatic N) is 1. The highest BCUT2D eigenvalue weighted by molar-refractivity contribution is 6.31. The third kappa shape index (κ3) is 2.55. The Morgan fingerprint density at radius 1 is 1.30 bits per heavy atom. The zero-order valence-electron chi connectivity index (χ0n) is 11.4. The largest absolute Gasteiger partial charge is 0.369 e. The van der Waals surface area contributed by atoms with E-state index in [1.807, 2.05) is 29.2 Å². The number of morpholine rings is 1. The van der Waals surface area contributed by atoms with Crippen LogP contribution in [0.25, 0.3) is 0 Å². The van der Waals surface area contributed by atoms with Gasteiger partial charge in [0.25, 0.3) is 0 Å². The van der Waals surface area contributed by atoms with Crippen molar-refractivity contribution in [1.29, 1.82) is 0 Å². The fraction of sp³-hybridized carbons (Fsp3) is 0.533. The van der Waals surface area contributed by atoms with Crippen molar-refractivity contribution in [2.75, 3.05) is 26.3 Å². The Labute approximate surface area is 124 Å². The Kier molecular flexibility index (Phi) is 3.96. The van der Waals surface area contributed by atoms with Crippen molar-refractivity contribution >= 4 is 17.5 Å². The molecule has 0 bridgehead atoms. The molecule has 2 heterocycles. The molecule has 2 aliphatic heterocycles. The Morgan fingerprint density at radius 2 is 2.05 bits per heavy atom. The normalized spacial score (nSPS) is 22.2. The van der Waals surface area contributed by atoms with E-state index in [4.69, 9.17) is 16.3 Å². The third-order valence-corrected chi connectivity index (χ3v) is 4.66. The molecule has 1 amide bonds. The summed E-state index contributed by atoms with van der Waals surface area (Å²) in [5.74, 6) is 0.0677. The standard InChI is InChI=1S/C15H19ClN2O2/c16-13-4-2-1-3-12(13)9-18-14(19)10-20-11-15(18)5-7-17-8-6-15/h1-4,17H,5-11H2. The van der Waals surface area contributed by atoms with E-state index in [0.29, 0.717) is 13.2 Å². The van der Waals surface area contributed by atoms with E-state index in [-0.39, 0.29) is 18.1 Å². The van der Waals surface area contributed by atoms with Crippen LogP contribution in [0.5, 0.6) is 0 Å². The first-order chi connectivity index (χ1) is 9.71. The number of carbonyl (C=O) groups excluding carboxylic acids is 1. The van der Waals surface area contributed by atoms with Crippen LogP contribution in [0.15, 0.2) is 24.3 Å². The number of rotatable bonds is 2. The van der Waals surface area contributed by atoms with E-state index in [2.05, 4.69) is 5.32 Å². The topological polar surface area (TPSA) is 41.6 Å². The van der Waals surface area contributed by atoms with Crippen molar-refractivity contribution in [2.24, 2.45) is 0 Å². The van der Waals surface area contributed by atoms with Gasteiger partial charge in [-0.05, 0) is 37.6 Å². The Bertz CT molecular complexity index is 495. The summed E-state index contributed by atoms with van der Waals surface area (Å²) in [7, 11) is 0. The first kappa shape index (κ1) is 13.9. The Morgan fingerprint density at radius 3 is 2.80 bits per heavy atom. The van der Waals surface area contributed by atoms with Gasteiger partial charge in [0.1, 0.15) is 6.61 Å². The molecule has 0 unspecified atom stereocenters. The SMILES string of the molecule is O=C1COCC2(CCNCC2)N1Cc1ccccc1Cl. The van der Waals surface area contributed by atoms with Crippen molar-refractivity contribution in [3.63, 3.8) is 0 Å². The van der Waals surface area contributed by atoms with Crippen LogP contribution >= 0.6 is 11.6 Å². The van der Waals surface area contributed by atoms with Crippen LogP contribution in [0.2, 0.25) is 5.02 Å². The lowest BCUT2D eigenvalue weighted by molar-refractivity contribution is -0.162. The molecule has 2 aliphatic rings. The fourth-order valence-electron chi connectivity index (χ4n) is 3.11. The van der Waals surface area contributed by atoms with Crippen LogP contribution in [0.3, 0.4) is 0 Å². The van der Waals surface area contributed by atoms with Crippen LogP contribution in [0, 0.1) is 0 Å². The summed E-state index contributed by atoms with van der Waals surface area (Å²) in [5.41, 5.74) is 0.835. The van der Waals surface area contributed by atoms with E-state index in [1.54, 1.807) is 0 Å². The second-order valence-corrected chi connectivity index (χ2v) is 5.95. The highest BCUT2D eigenvalue weighted by atomic mass is 35.5. The molecule has 1 N–H and O–H groups in total. The maximum atomic E-state index is 12.3. The summed E-state index contributed by atoms with van der Waals surface area (Å²) in [6.07, 6.45) is 1.87. The van der Waals surface area contributed by atoms with Crippen molar-refractivity contribution < 1.29 is 9.53 Å². The lowest BCUT2D eigenvalue weighted by atomic mass is 9.85. The van der Waals surface area contributed by atoms with Gasteiger partial charge in [-0.2, -0.15) is 0 Å². The van der Waals surface area contributed by atoms with Gasteiger partial charge in [-0.3, -0.25) is 4.79 Å². The average molecular weight is 295 g/mol. The Hall–Kier alpha value is -1.10. The second-order valence-electron chi connectivity index (χ2n) is 5.54. The van der Waals surface area contributed by atoms with E-state index in [1.165, 1.54) is 0 Å². The minimum Gasteiger partial charge on any atom is -0.369 e. The Balaban J connectivity index is 1.87. The number of carbonyl (C=O) groups is 1. The van der Waals surface area contributed by atoms with Crippen LogP contribution in [-0.2, 0) is 16.1 Å². The molecule has 2 fully saturated rings. The predicted molar refractivity (Wildman–Crippen MR) is 77.7 cm³/mol. The second kappa shape index (κ2) is 5.72. The van der Waals surface area contributed by atoms with Crippen LogP contribution in [0.1, 0.15) is 18.4 Å². The lowest BCUT2D eigenvalue weighted by Crippen LogP contribution is -2.62. The molecule has 1 aromatic carbocycles. The van der Waals surface area contributed by atoms with E-state index in [0.717, 1.165) is 36.5 Å². The van der Waals surface area contributed by atoms with Gasteiger partial charge in [0, 0.05) is 11.6 Å². The van der Waals surface area contributed by atoms with Gasteiger partial charge >= 0.3 is 0 Å². The molecule has 1 spiro atoms. The van der Waals surface area contributed by atoms with Gasteiger partial charge in [0.15, 0.2) is 0 Å². The lowest BCUT2D eigenvalue weighted by Gasteiger charge is -2.49. The van der Waals surface area contributed by atoms with Gasteiger partial charge in [0.2, 0.25) is 5.91 Å². The maximum Gasteiger partial charge on any atom is 0.249 e. The summed E-state index contributed by atoms with van der Waals surface area (Å²) in [4.78, 5) is 14.3. The predicted octanol–water partition coefficient (Wildman–Crippen LogP) is 1.82. The first-order valence-corrected chi connectivity index (χ1v) is 7.41. The fourth-order valence-corrected chi connectivity index (χ4v) is 3.30. The van der Waals surface area contributed by atoms with Gasteiger partial charge in [-0.15, -0.1) is 0 Å². The zero-order valence-corrected chi connectivity index (χ0v) is 12.2. The number of nitrogens with one attached hydrogen (secondary N) is 1. The first-order valence-electron chi connectivity index (χ1n) is 7.04. The number of halogens is 1. The van der Waals surface area contributed by atoms with Crippen LogP contribution in [0.4, 0.5) is 0 Å². The molecule has 1 aromatic rings. The van der Waals surface area contributed by atoms with Crippen molar-refractivity contribution in [2.45, 2.75) is 24.9 Å². The molecule has 20 heavy (non-hydrogen) atoms. The van der Waals surface area contributed by atoms with Gasteiger partial charge < -0.3 is 15.0 Å². The quantitative estimate of drug-likeness (QED) is 0.905. The number of amides is 1. The number of benzene rings is 1. The third-order valence-electron chi connectivity index (χ3n) is 4.29. The average Bonchev–Trinajstić information content (AvgIpc) is 2.46. The van der Waals surface area contributed by atoms with E-state index < -0.39 is 0 Å². The molecule has 0 saturated carbocycles. The highest BCUT2D eigenvalue weighted by Crippen LogP contribution is 2.32. The molecular weight excluding hydrogens is 276 g/mol. The number of hydrogen-bond donors (Lipinski definition) is 1. The molecule has 2 saturated heterocycles. The van der Waals surface area contributed by atoms with Crippen LogP contribution in [-0.4, -0.2) is 42.6 Å². The summed E-state index contributed by atoms with van der Waals surface area (Å²) >= 11 is 6.24. The molecule has 0 radical (unpaired) electrons. The summed E-state index contributed by atoms with van der Waals surface area (Å²) < 4.78 is 5.52. The number of ether oxygens (including phenoxy) is 1.